The third-order valence-electron chi connectivity index (χ3n) is 2.19. The number of carbonyl (C=O) groups is 1. The lowest BCUT2D eigenvalue weighted by Crippen LogP contribution is -2.06. The Morgan fingerprint density at radius 2 is 2.06 bits per heavy atom. The molecule has 88 valence electrons. The molecule has 0 aliphatic rings. The van der Waals surface area contributed by atoms with Crippen molar-refractivity contribution in [2.75, 3.05) is 0 Å². The topological polar surface area (TPSA) is 37.3 Å². The van der Waals surface area contributed by atoms with E-state index in [1.807, 2.05) is 0 Å². The molecule has 0 saturated carbocycles. The maximum absolute atomic E-state index is 12.3. The molecule has 0 saturated heterocycles. The van der Waals surface area contributed by atoms with Gasteiger partial charge in [0.2, 0.25) is 0 Å². The summed E-state index contributed by atoms with van der Waals surface area (Å²) in [4.78, 5) is 10.4. The number of phenols is 1. The van der Waals surface area contributed by atoms with Gasteiger partial charge in [0, 0.05) is 5.92 Å². The fourth-order valence-corrected chi connectivity index (χ4v) is 1.31. The number of hydrogen-bond acceptors (Lipinski definition) is 2. The average Bonchev–Trinajstić information content (AvgIpc) is 2.19. The number of hydrogen-bond donors (Lipinski definition) is 1. The molecule has 1 unspecified atom stereocenters. The lowest BCUT2D eigenvalue weighted by molar-refractivity contribution is -0.137. The Kier molecular flexibility index (Phi) is 3.57. The van der Waals surface area contributed by atoms with E-state index in [1.165, 1.54) is 6.07 Å². The van der Waals surface area contributed by atoms with Crippen molar-refractivity contribution >= 4 is 6.29 Å². The molecule has 5 heteroatoms. The predicted octanol–water partition coefficient (Wildman–Crippen LogP) is 2.79. The second-order valence-electron chi connectivity index (χ2n) is 3.66. The maximum Gasteiger partial charge on any atom is 0.416 e. The molecule has 0 radical (unpaired) electrons. The number of alkyl halides is 3. The number of aromatic hydroxyl groups is 1. The summed E-state index contributed by atoms with van der Waals surface area (Å²) in [5.74, 6) is -0.758. The highest BCUT2D eigenvalue weighted by molar-refractivity contribution is 5.54. The van der Waals surface area contributed by atoms with E-state index in [-0.39, 0.29) is 12.3 Å². The highest BCUT2D eigenvalue weighted by Crippen LogP contribution is 2.33. The molecular weight excluding hydrogens is 221 g/mol. The molecule has 1 aromatic carbocycles. The molecule has 16 heavy (non-hydrogen) atoms. The summed E-state index contributed by atoms with van der Waals surface area (Å²) < 4.78 is 36.8. The van der Waals surface area contributed by atoms with Crippen molar-refractivity contribution in [2.24, 2.45) is 5.92 Å². The Morgan fingerprint density at radius 1 is 1.44 bits per heavy atom. The van der Waals surface area contributed by atoms with Gasteiger partial charge in [-0.25, -0.2) is 0 Å². The van der Waals surface area contributed by atoms with Gasteiger partial charge in [0.1, 0.15) is 12.0 Å². The van der Waals surface area contributed by atoms with Crippen LogP contribution in [0.4, 0.5) is 13.2 Å². The molecule has 0 amide bonds. The second-order valence-corrected chi connectivity index (χ2v) is 3.66. The second kappa shape index (κ2) is 4.55. The van der Waals surface area contributed by atoms with Crippen molar-refractivity contribution in [3.8, 4) is 5.75 Å². The van der Waals surface area contributed by atoms with Crippen LogP contribution in [-0.2, 0) is 17.4 Å². The van der Waals surface area contributed by atoms with Crippen molar-refractivity contribution < 1.29 is 23.1 Å². The van der Waals surface area contributed by atoms with Crippen molar-refractivity contribution in [2.45, 2.75) is 19.5 Å². The quantitative estimate of drug-likeness (QED) is 0.813. The summed E-state index contributed by atoms with van der Waals surface area (Å²) in [6.07, 6.45) is -3.54. The van der Waals surface area contributed by atoms with Crippen LogP contribution in [-0.4, -0.2) is 11.4 Å². The van der Waals surface area contributed by atoms with Crippen LogP contribution < -0.4 is 0 Å². The van der Waals surface area contributed by atoms with Gasteiger partial charge in [-0.1, -0.05) is 13.0 Å². The van der Waals surface area contributed by atoms with Crippen molar-refractivity contribution in [3.63, 3.8) is 0 Å². The third-order valence-corrected chi connectivity index (χ3v) is 2.19. The smallest absolute Gasteiger partial charge is 0.416 e. The molecule has 1 atom stereocenters. The summed E-state index contributed by atoms with van der Waals surface area (Å²) in [6, 6.07) is 2.76. The van der Waals surface area contributed by atoms with Crippen LogP contribution in [0, 0.1) is 5.92 Å². The monoisotopic (exact) mass is 232 g/mol. The van der Waals surface area contributed by atoms with Gasteiger partial charge < -0.3 is 9.90 Å². The lowest BCUT2D eigenvalue weighted by atomic mass is 10.00. The molecular formula is C11H11F3O2. The van der Waals surface area contributed by atoms with E-state index in [0.717, 1.165) is 6.07 Å². The summed E-state index contributed by atoms with van der Waals surface area (Å²) in [5, 5.41) is 9.38. The normalized spacial score (nSPS) is 13.5. The fourth-order valence-electron chi connectivity index (χ4n) is 1.31. The van der Waals surface area contributed by atoms with Crippen LogP contribution in [0.15, 0.2) is 18.2 Å². The van der Waals surface area contributed by atoms with Gasteiger partial charge in [-0.2, -0.15) is 13.2 Å². The molecule has 1 rings (SSSR count). The zero-order valence-corrected chi connectivity index (χ0v) is 8.58. The Morgan fingerprint density at radius 3 is 2.50 bits per heavy atom. The summed E-state index contributed by atoms with van der Waals surface area (Å²) >= 11 is 0. The minimum atomic E-state index is -4.47. The Bertz CT molecular complexity index is 385. The summed E-state index contributed by atoms with van der Waals surface area (Å²) in [6.45, 7) is 1.63. The molecule has 0 spiro atoms. The van der Waals surface area contributed by atoms with Crippen LogP contribution in [0.3, 0.4) is 0 Å². The zero-order chi connectivity index (χ0) is 12.3. The maximum atomic E-state index is 12.3. The first-order valence-electron chi connectivity index (χ1n) is 4.69. The van der Waals surface area contributed by atoms with E-state index in [4.69, 9.17) is 0 Å². The van der Waals surface area contributed by atoms with Gasteiger partial charge in [-0.15, -0.1) is 0 Å². The molecule has 0 bridgehead atoms. The standard InChI is InChI=1S/C11H11F3O2/c1-7(6-15)4-8-2-3-9(5-10(8)16)11(12,13)14/h2-3,5-7,16H,4H2,1H3. The van der Waals surface area contributed by atoms with Gasteiger partial charge in [-0.05, 0) is 24.1 Å². The van der Waals surface area contributed by atoms with E-state index >= 15 is 0 Å². The number of aldehydes is 1. The first kappa shape index (κ1) is 12.5. The molecule has 0 heterocycles. The SMILES string of the molecule is CC(C=O)Cc1ccc(C(F)(F)F)cc1O. The molecule has 1 N–H and O–H groups in total. The first-order valence-corrected chi connectivity index (χ1v) is 4.69. The summed E-state index contributed by atoms with van der Waals surface area (Å²) in [5.41, 5.74) is -0.555. The number of rotatable bonds is 3. The van der Waals surface area contributed by atoms with E-state index in [2.05, 4.69) is 0 Å². The lowest BCUT2D eigenvalue weighted by Gasteiger charge is -2.10. The average molecular weight is 232 g/mol. The van der Waals surface area contributed by atoms with Gasteiger partial charge in [0.25, 0.3) is 0 Å². The number of phenolic OH excluding ortho intramolecular Hbond substituents is 1. The minimum Gasteiger partial charge on any atom is -0.508 e. The largest absolute Gasteiger partial charge is 0.508 e. The highest BCUT2D eigenvalue weighted by atomic mass is 19.4. The van der Waals surface area contributed by atoms with E-state index in [9.17, 15) is 23.1 Å². The van der Waals surface area contributed by atoms with Crippen LogP contribution in [0.25, 0.3) is 0 Å². The molecule has 0 aliphatic carbocycles. The van der Waals surface area contributed by atoms with Crippen LogP contribution in [0.1, 0.15) is 18.1 Å². The Labute approximate surface area is 90.7 Å². The molecule has 0 aromatic heterocycles. The number of halogens is 3. The molecule has 0 fully saturated rings. The van der Waals surface area contributed by atoms with Gasteiger partial charge in [-0.3, -0.25) is 0 Å². The van der Waals surface area contributed by atoms with E-state index in [0.29, 0.717) is 17.9 Å². The number of benzene rings is 1. The van der Waals surface area contributed by atoms with Gasteiger partial charge in [0.15, 0.2) is 0 Å². The fraction of sp³-hybridized carbons (Fsp3) is 0.364. The minimum absolute atomic E-state index is 0.230. The Balaban J connectivity index is 2.96. The first-order chi connectivity index (χ1) is 7.34. The molecule has 1 aromatic rings. The van der Waals surface area contributed by atoms with E-state index in [1.54, 1.807) is 6.92 Å². The van der Waals surface area contributed by atoms with Crippen molar-refractivity contribution in [3.05, 3.63) is 29.3 Å². The van der Waals surface area contributed by atoms with Crippen molar-refractivity contribution in [1.29, 1.82) is 0 Å². The predicted molar refractivity (Wildman–Crippen MR) is 52.0 cm³/mol. The zero-order valence-electron chi connectivity index (χ0n) is 8.58. The highest BCUT2D eigenvalue weighted by Gasteiger charge is 2.31. The number of carbonyl (C=O) groups excluding carboxylic acids is 1. The third kappa shape index (κ3) is 2.98. The molecule has 0 aliphatic heterocycles. The van der Waals surface area contributed by atoms with Crippen molar-refractivity contribution in [1.82, 2.24) is 0 Å². The van der Waals surface area contributed by atoms with Crippen LogP contribution in [0.2, 0.25) is 0 Å². The van der Waals surface area contributed by atoms with Gasteiger partial charge in [0.05, 0.1) is 5.56 Å². The Hall–Kier alpha value is -1.52. The summed E-state index contributed by atoms with van der Waals surface area (Å²) in [7, 11) is 0. The van der Waals surface area contributed by atoms with Gasteiger partial charge >= 0.3 is 6.18 Å². The van der Waals surface area contributed by atoms with E-state index < -0.39 is 17.5 Å². The van der Waals surface area contributed by atoms with Crippen LogP contribution in [0.5, 0.6) is 5.75 Å². The molecule has 2 nitrogen and oxygen atoms in total. The van der Waals surface area contributed by atoms with Crippen LogP contribution >= 0.6 is 0 Å².